The van der Waals surface area contributed by atoms with Gasteiger partial charge in [0.05, 0.1) is 13.2 Å². The molecule has 110 valence electrons. The Morgan fingerprint density at radius 2 is 1.90 bits per heavy atom. The van der Waals surface area contributed by atoms with Crippen molar-refractivity contribution in [3.05, 3.63) is 18.2 Å². The number of rotatable bonds is 2. The molecule has 2 aliphatic rings. The van der Waals surface area contributed by atoms with Gasteiger partial charge >= 0.3 is 0 Å². The second-order valence-electron chi connectivity index (χ2n) is 5.79. The molecule has 1 atom stereocenters. The molecule has 1 fully saturated rings. The van der Waals surface area contributed by atoms with Gasteiger partial charge in [-0.2, -0.15) is 0 Å². The molecule has 0 amide bonds. The van der Waals surface area contributed by atoms with Crippen LogP contribution in [0.15, 0.2) is 18.2 Å². The van der Waals surface area contributed by atoms with Crippen LogP contribution in [0.1, 0.15) is 25.7 Å². The summed E-state index contributed by atoms with van der Waals surface area (Å²) in [6.45, 7) is 3.86. The largest absolute Gasteiger partial charge is 0.490 e. The summed E-state index contributed by atoms with van der Waals surface area (Å²) in [5.41, 5.74) is 1.14. The molecular formula is C16H24N2O2. The number of nitrogens with one attached hydrogen (secondary N) is 1. The first kappa shape index (κ1) is 13.6. The first-order chi connectivity index (χ1) is 9.81. The topological polar surface area (TPSA) is 33.7 Å². The Balaban J connectivity index is 1.66. The van der Waals surface area contributed by atoms with Gasteiger partial charge in [-0.15, -0.1) is 0 Å². The molecule has 1 aromatic rings. The predicted octanol–water partition coefficient (Wildman–Crippen LogP) is 2.74. The maximum atomic E-state index is 5.75. The molecule has 20 heavy (non-hydrogen) atoms. The highest BCUT2D eigenvalue weighted by Gasteiger charge is 2.16. The van der Waals surface area contributed by atoms with Crippen LogP contribution in [0, 0.1) is 0 Å². The third-order valence-electron chi connectivity index (χ3n) is 4.07. The van der Waals surface area contributed by atoms with E-state index in [4.69, 9.17) is 9.47 Å². The van der Waals surface area contributed by atoms with E-state index < -0.39 is 0 Å². The molecule has 0 bridgehead atoms. The average molecular weight is 276 g/mol. The lowest BCUT2D eigenvalue weighted by atomic mass is 10.1. The summed E-state index contributed by atoms with van der Waals surface area (Å²) < 4.78 is 11.4. The van der Waals surface area contributed by atoms with Gasteiger partial charge in [0.25, 0.3) is 0 Å². The molecule has 4 nitrogen and oxygen atoms in total. The number of fused-ring (bicyclic) bond motifs is 1. The fourth-order valence-corrected chi connectivity index (χ4v) is 2.87. The zero-order valence-corrected chi connectivity index (χ0v) is 12.2. The molecular weight excluding hydrogens is 252 g/mol. The molecule has 4 heteroatoms. The lowest BCUT2D eigenvalue weighted by Crippen LogP contribution is -2.22. The summed E-state index contributed by atoms with van der Waals surface area (Å²) >= 11 is 0. The van der Waals surface area contributed by atoms with Crippen LogP contribution in [-0.4, -0.2) is 44.3 Å². The van der Waals surface area contributed by atoms with Gasteiger partial charge in [0.2, 0.25) is 0 Å². The van der Waals surface area contributed by atoms with E-state index in [1.807, 2.05) is 6.07 Å². The van der Waals surface area contributed by atoms with Crippen molar-refractivity contribution >= 4 is 5.69 Å². The summed E-state index contributed by atoms with van der Waals surface area (Å²) in [6, 6.07) is 6.76. The van der Waals surface area contributed by atoms with E-state index in [0.29, 0.717) is 6.04 Å². The monoisotopic (exact) mass is 276 g/mol. The van der Waals surface area contributed by atoms with E-state index >= 15 is 0 Å². The fourth-order valence-electron chi connectivity index (χ4n) is 2.87. The van der Waals surface area contributed by atoms with Crippen LogP contribution in [0.3, 0.4) is 0 Å². The van der Waals surface area contributed by atoms with Gasteiger partial charge in [-0.1, -0.05) is 0 Å². The normalized spacial score (nSPS) is 23.8. The van der Waals surface area contributed by atoms with Crippen LogP contribution in [0.4, 0.5) is 5.69 Å². The number of nitrogens with zero attached hydrogens (tertiary/aromatic N) is 1. The van der Waals surface area contributed by atoms with Crippen molar-refractivity contribution in [2.75, 3.05) is 38.7 Å². The minimum atomic E-state index is 0.560. The third-order valence-corrected chi connectivity index (χ3v) is 4.07. The van der Waals surface area contributed by atoms with E-state index in [-0.39, 0.29) is 0 Å². The molecule has 3 rings (SSSR count). The third kappa shape index (κ3) is 3.37. The van der Waals surface area contributed by atoms with Crippen LogP contribution in [0.2, 0.25) is 0 Å². The van der Waals surface area contributed by atoms with Crippen LogP contribution in [-0.2, 0) is 0 Å². The number of benzene rings is 1. The SMILES string of the molecule is CN1CCCC(Nc2ccc3c(c2)OCCCO3)CC1. The van der Waals surface area contributed by atoms with Gasteiger partial charge in [-0.3, -0.25) is 0 Å². The van der Waals surface area contributed by atoms with E-state index in [1.54, 1.807) is 0 Å². The van der Waals surface area contributed by atoms with Crippen LogP contribution in [0.25, 0.3) is 0 Å². The van der Waals surface area contributed by atoms with Crippen molar-refractivity contribution < 1.29 is 9.47 Å². The van der Waals surface area contributed by atoms with Crippen LogP contribution < -0.4 is 14.8 Å². The molecule has 2 aliphatic heterocycles. The maximum absolute atomic E-state index is 5.75. The molecule has 1 unspecified atom stereocenters. The lowest BCUT2D eigenvalue weighted by Gasteiger charge is -2.19. The first-order valence-corrected chi connectivity index (χ1v) is 7.66. The van der Waals surface area contributed by atoms with E-state index in [0.717, 1.165) is 36.8 Å². The van der Waals surface area contributed by atoms with Gasteiger partial charge < -0.3 is 19.7 Å². The Kier molecular flexibility index (Phi) is 4.31. The van der Waals surface area contributed by atoms with Gasteiger partial charge in [0.15, 0.2) is 11.5 Å². The van der Waals surface area contributed by atoms with Gasteiger partial charge in [0, 0.05) is 24.2 Å². The molecule has 0 aliphatic carbocycles. The number of anilines is 1. The van der Waals surface area contributed by atoms with Gasteiger partial charge in [-0.25, -0.2) is 0 Å². The van der Waals surface area contributed by atoms with Crippen molar-refractivity contribution in [2.24, 2.45) is 0 Å². The van der Waals surface area contributed by atoms with E-state index in [9.17, 15) is 0 Å². The summed E-state index contributed by atoms with van der Waals surface area (Å²) in [5, 5.41) is 3.65. The molecule has 0 saturated carbocycles. The zero-order valence-electron chi connectivity index (χ0n) is 12.2. The average Bonchev–Trinajstić information content (AvgIpc) is 2.79. The Hall–Kier alpha value is -1.42. The van der Waals surface area contributed by atoms with Gasteiger partial charge in [0.1, 0.15) is 0 Å². The number of likely N-dealkylation sites (tertiary alicyclic amines) is 1. The Labute approximate surface area is 121 Å². The maximum Gasteiger partial charge on any atom is 0.163 e. The van der Waals surface area contributed by atoms with E-state index in [1.165, 1.54) is 32.4 Å². The highest BCUT2D eigenvalue weighted by atomic mass is 16.5. The zero-order chi connectivity index (χ0) is 13.8. The second-order valence-corrected chi connectivity index (χ2v) is 5.79. The Morgan fingerprint density at radius 3 is 2.80 bits per heavy atom. The second kappa shape index (κ2) is 6.35. The smallest absolute Gasteiger partial charge is 0.163 e. The number of ether oxygens (including phenoxy) is 2. The predicted molar refractivity (Wildman–Crippen MR) is 80.8 cm³/mol. The van der Waals surface area contributed by atoms with Crippen molar-refractivity contribution in [3.63, 3.8) is 0 Å². The minimum Gasteiger partial charge on any atom is -0.490 e. The highest BCUT2D eigenvalue weighted by Crippen LogP contribution is 2.32. The summed E-state index contributed by atoms with van der Waals surface area (Å²) in [5.74, 6) is 1.74. The van der Waals surface area contributed by atoms with E-state index in [2.05, 4.69) is 29.4 Å². The molecule has 2 heterocycles. The molecule has 1 aromatic carbocycles. The lowest BCUT2D eigenvalue weighted by molar-refractivity contribution is 0.297. The molecule has 0 spiro atoms. The summed E-state index contributed by atoms with van der Waals surface area (Å²) in [4.78, 5) is 2.41. The van der Waals surface area contributed by atoms with Crippen molar-refractivity contribution in [2.45, 2.75) is 31.7 Å². The fraction of sp³-hybridized carbons (Fsp3) is 0.625. The minimum absolute atomic E-state index is 0.560. The standard InChI is InChI=1S/C16H24N2O2/c1-18-8-2-4-13(7-9-18)17-14-5-6-15-16(12-14)20-11-3-10-19-15/h5-6,12-13,17H,2-4,7-11H2,1H3. The van der Waals surface area contributed by atoms with Gasteiger partial charge in [-0.05, 0) is 51.5 Å². The summed E-state index contributed by atoms with van der Waals surface area (Å²) in [6.07, 6.45) is 4.65. The van der Waals surface area contributed by atoms with Crippen molar-refractivity contribution in [3.8, 4) is 11.5 Å². The Morgan fingerprint density at radius 1 is 1.05 bits per heavy atom. The van der Waals surface area contributed by atoms with Crippen molar-refractivity contribution in [1.29, 1.82) is 0 Å². The first-order valence-electron chi connectivity index (χ1n) is 7.66. The number of hydrogen-bond donors (Lipinski definition) is 1. The van der Waals surface area contributed by atoms with Crippen LogP contribution >= 0.6 is 0 Å². The molecule has 1 N–H and O–H groups in total. The number of hydrogen-bond acceptors (Lipinski definition) is 4. The molecule has 0 aromatic heterocycles. The van der Waals surface area contributed by atoms with Crippen molar-refractivity contribution in [1.82, 2.24) is 4.90 Å². The quantitative estimate of drug-likeness (QED) is 0.900. The molecule has 1 saturated heterocycles. The molecule has 0 radical (unpaired) electrons. The van der Waals surface area contributed by atoms with Crippen LogP contribution in [0.5, 0.6) is 11.5 Å². The summed E-state index contributed by atoms with van der Waals surface area (Å²) in [7, 11) is 2.20. The highest BCUT2D eigenvalue weighted by molar-refractivity contribution is 5.55. The Bertz CT molecular complexity index is 450.